The number of aliphatic hydroxyl groups is 1. The molecule has 214 valence electrons. The van der Waals surface area contributed by atoms with Crippen molar-refractivity contribution in [3.8, 4) is 11.1 Å². The van der Waals surface area contributed by atoms with Gasteiger partial charge in [-0.3, -0.25) is 14.5 Å². The number of ether oxygens (including phenoxy) is 1. The number of amides is 2. The van der Waals surface area contributed by atoms with Crippen molar-refractivity contribution >= 4 is 35.0 Å². The molecule has 2 aromatic carbocycles. The Bertz CT molecular complexity index is 1500. The molecule has 2 fully saturated rings. The van der Waals surface area contributed by atoms with Crippen molar-refractivity contribution in [2.24, 2.45) is 17.1 Å². The van der Waals surface area contributed by atoms with Crippen LogP contribution in [-0.4, -0.2) is 51.0 Å². The van der Waals surface area contributed by atoms with Gasteiger partial charge >= 0.3 is 5.98 Å². The highest BCUT2D eigenvalue weighted by molar-refractivity contribution is 6.30. The van der Waals surface area contributed by atoms with Crippen molar-refractivity contribution in [3.05, 3.63) is 81.4 Å². The number of hydrogen-bond donors (Lipinski definition) is 2. The number of aliphatic hydroxyl groups excluding tert-OH is 1. The quantitative estimate of drug-likeness (QED) is 0.316. The molecule has 0 spiro atoms. The molecule has 2 atom stereocenters. The Kier molecular flexibility index (Phi) is 7.26. The van der Waals surface area contributed by atoms with E-state index in [9.17, 15) is 14.7 Å². The molecule has 2 saturated carbocycles. The van der Waals surface area contributed by atoms with Gasteiger partial charge in [0.25, 0.3) is 5.91 Å². The molecule has 1 aliphatic heterocycles. The van der Waals surface area contributed by atoms with Gasteiger partial charge in [-0.1, -0.05) is 47.8 Å². The highest BCUT2D eigenvalue weighted by Gasteiger charge is 2.59. The Hall–Kier alpha value is -3.11. The van der Waals surface area contributed by atoms with Gasteiger partial charge in [-0.05, 0) is 66.5 Å². The number of hydrogen-bond acceptors (Lipinski definition) is 6. The van der Waals surface area contributed by atoms with Crippen LogP contribution in [0, 0.1) is 11.3 Å². The largest absolute Gasteiger partial charge is 0.394 e. The van der Waals surface area contributed by atoms with E-state index in [1.165, 1.54) is 12.4 Å². The van der Waals surface area contributed by atoms with E-state index >= 15 is 4.39 Å². The average molecular weight is 599 g/mol. The van der Waals surface area contributed by atoms with E-state index < -0.39 is 35.9 Å². The monoisotopic (exact) mass is 598 g/mol. The summed E-state index contributed by atoms with van der Waals surface area (Å²) < 4.78 is 23.4. The maximum absolute atomic E-state index is 17.5. The first-order valence-electron chi connectivity index (χ1n) is 13.6. The van der Waals surface area contributed by atoms with E-state index in [-0.39, 0.29) is 30.1 Å². The zero-order chi connectivity index (χ0) is 28.9. The van der Waals surface area contributed by atoms with E-state index in [2.05, 4.69) is 9.97 Å². The molecule has 41 heavy (non-hydrogen) atoms. The Morgan fingerprint density at radius 1 is 1.12 bits per heavy atom. The molecular formula is C30H29Cl2FN4O4. The first-order chi connectivity index (χ1) is 19.7. The van der Waals surface area contributed by atoms with Gasteiger partial charge in [-0.25, -0.2) is 9.97 Å². The number of nitrogens with zero attached hydrogens (tertiary/aromatic N) is 3. The van der Waals surface area contributed by atoms with Gasteiger partial charge in [0, 0.05) is 23.8 Å². The summed E-state index contributed by atoms with van der Waals surface area (Å²) in [6.45, 7) is -0.709. The van der Waals surface area contributed by atoms with Crippen molar-refractivity contribution in [1.82, 2.24) is 14.9 Å². The van der Waals surface area contributed by atoms with Gasteiger partial charge in [-0.15, -0.1) is 0 Å². The molecule has 3 N–H and O–H groups in total. The van der Waals surface area contributed by atoms with Crippen LogP contribution in [0.15, 0.2) is 48.8 Å². The van der Waals surface area contributed by atoms with Gasteiger partial charge in [0.05, 0.1) is 40.8 Å². The Labute approximate surface area is 246 Å². The van der Waals surface area contributed by atoms with Crippen LogP contribution in [0.25, 0.3) is 11.1 Å². The van der Waals surface area contributed by atoms with Gasteiger partial charge in [0.2, 0.25) is 5.91 Å². The fraction of sp³-hybridized carbons (Fsp3) is 0.400. The minimum atomic E-state index is -2.71. The van der Waals surface area contributed by atoms with E-state index in [0.29, 0.717) is 39.8 Å². The Balaban J connectivity index is 1.51. The second kappa shape index (κ2) is 10.6. The summed E-state index contributed by atoms with van der Waals surface area (Å²) >= 11 is 12.1. The minimum Gasteiger partial charge on any atom is -0.394 e. The lowest BCUT2D eigenvalue weighted by atomic mass is 9.79. The summed E-state index contributed by atoms with van der Waals surface area (Å²) in [6.07, 6.45) is 6.45. The summed E-state index contributed by atoms with van der Waals surface area (Å²) in [5.74, 6) is -3.57. The molecule has 1 unspecified atom stereocenters. The predicted octanol–water partition coefficient (Wildman–Crippen LogP) is 5.02. The number of carbonyl (C=O) groups is 2. The number of nitrogens with two attached hydrogens (primary N) is 1. The zero-order valence-electron chi connectivity index (χ0n) is 22.2. The molecule has 8 nitrogen and oxygen atoms in total. The van der Waals surface area contributed by atoms with Gasteiger partial charge in [-0.2, -0.15) is 4.39 Å². The normalized spacial score (nSPS) is 21.9. The molecule has 11 heteroatoms. The van der Waals surface area contributed by atoms with E-state index in [1.807, 2.05) is 12.1 Å². The molecule has 1 aromatic heterocycles. The van der Waals surface area contributed by atoms with E-state index in [1.54, 1.807) is 24.3 Å². The number of carbonyl (C=O) groups excluding carboxylic acids is 2. The minimum absolute atomic E-state index is 0.0159. The first kappa shape index (κ1) is 28.0. The number of halogens is 3. The number of fused-ring (bicyclic) bond motifs is 1. The Morgan fingerprint density at radius 3 is 2.37 bits per heavy atom. The zero-order valence-corrected chi connectivity index (χ0v) is 23.7. The van der Waals surface area contributed by atoms with Crippen LogP contribution in [-0.2, 0) is 21.9 Å². The van der Waals surface area contributed by atoms with Crippen LogP contribution in [0.2, 0.25) is 10.0 Å². The fourth-order valence-electron chi connectivity index (χ4n) is 5.83. The SMILES string of the molecule is NC(=O)C1(CO[C@@]2(F)c3ccc(-c4ccc(Cl)cc4)c(Cc4ncc(Cl)cn4)c3C(=O)N2C(CO)C2CCC2)CC1. The molecule has 2 aliphatic carbocycles. The summed E-state index contributed by atoms with van der Waals surface area (Å²) in [5.41, 5.74) is 6.73. The highest BCUT2D eigenvalue weighted by atomic mass is 35.5. The van der Waals surface area contributed by atoms with Crippen LogP contribution in [0.4, 0.5) is 4.39 Å². The second-order valence-electron chi connectivity index (χ2n) is 11.1. The van der Waals surface area contributed by atoms with Gasteiger partial charge < -0.3 is 15.6 Å². The third kappa shape index (κ3) is 4.88. The topological polar surface area (TPSA) is 119 Å². The van der Waals surface area contributed by atoms with Gasteiger partial charge in [0.15, 0.2) is 0 Å². The summed E-state index contributed by atoms with van der Waals surface area (Å²) in [7, 11) is 0. The van der Waals surface area contributed by atoms with Gasteiger partial charge in [0.1, 0.15) is 5.82 Å². The summed E-state index contributed by atoms with van der Waals surface area (Å²) in [5, 5.41) is 11.3. The molecule has 3 aliphatic rings. The molecule has 0 saturated heterocycles. The number of aromatic nitrogens is 2. The van der Waals surface area contributed by atoms with E-state index in [0.717, 1.165) is 29.7 Å². The van der Waals surface area contributed by atoms with Crippen LogP contribution in [0.5, 0.6) is 0 Å². The smallest absolute Gasteiger partial charge is 0.321 e. The third-order valence-corrected chi connectivity index (χ3v) is 9.13. The van der Waals surface area contributed by atoms with Crippen LogP contribution in [0.3, 0.4) is 0 Å². The average Bonchev–Trinajstić information content (AvgIpc) is 3.69. The van der Waals surface area contributed by atoms with Crippen LogP contribution >= 0.6 is 23.2 Å². The van der Waals surface area contributed by atoms with E-state index in [4.69, 9.17) is 33.7 Å². The van der Waals surface area contributed by atoms with Crippen molar-refractivity contribution in [2.45, 2.75) is 50.5 Å². The Morgan fingerprint density at radius 2 is 1.80 bits per heavy atom. The molecule has 6 rings (SSSR count). The maximum Gasteiger partial charge on any atom is 0.321 e. The number of primary amides is 1. The first-order valence-corrected chi connectivity index (χ1v) is 14.4. The lowest BCUT2D eigenvalue weighted by molar-refractivity contribution is -0.255. The molecule has 2 heterocycles. The predicted molar refractivity (Wildman–Crippen MR) is 151 cm³/mol. The molecule has 2 amide bonds. The second-order valence-corrected chi connectivity index (χ2v) is 12.0. The number of alkyl halides is 1. The third-order valence-electron chi connectivity index (χ3n) is 8.68. The molecule has 0 radical (unpaired) electrons. The highest BCUT2D eigenvalue weighted by Crippen LogP contribution is 2.52. The van der Waals surface area contributed by atoms with Crippen molar-refractivity contribution < 1.29 is 23.8 Å². The lowest BCUT2D eigenvalue weighted by Crippen LogP contribution is -2.55. The lowest BCUT2D eigenvalue weighted by Gasteiger charge is -2.43. The molecular weight excluding hydrogens is 570 g/mol. The van der Waals surface area contributed by atoms with Crippen molar-refractivity contribution in [3.63, 3.8) is 0 Å². The number of rotatable bonds is 10. The van der Waals surface area contributed by atoms with Crippen molar-refractivity contribution in [2.75, 3.05) is 13.2 Å². The van der Waals surface area contributed by atoms with Crippen LogP contribution in [0.1, 0.15) is 59.4 Å². The summed E-state index contributed by atoms with van der Waals surface area (Å²) in [4.78, 5) is 36.1. The van der Waals surface area contributed by atoms with Crippen molar-refractivity contribution in [1.29, 1.82) is 0 Å². The van der Waals surface area contributed by atoms with Crippen LogP contribution < -0.4 is 5.73 Å². The summed E-state index contributed by atoms with van der Waals surface area (Å²) in [6, 6.07) is 9.59. The molecule has 0 bridgehead atoms. The molecule has 3 aromatic rings. The maximum atomic E-state index is 17.5. The fourth-order valence-corrected chi connectivity index (χ4v) is 6.05. The number of benzene rings is 2. The standard InChI is InChI=1S/C30H29Cl2FN4O4/c31-19-6-4-17(5-7-19)21-8-9-23-26(22(21)12-25-35-13-20(32)14-36-25)27(39)37(24(15-38)18-2-1-3-18)30(23,33)41-16-29(10-11-29)28(34)40/h4-9,13-14,18,24,38H,1-3,10-12,15-16H2,(H2,34,40)/t24?,30-/m1/s1.